The molecule has 0 aromatic rings. The van der Waals surface area contributed by atoms with Gasteiger partial charge in [0.1, 0.15) is 0 Å². The molecule has 0 radical (unpaired) electrons. The summed E-state index contributed by atoms with van der Waals surface area (Å²) in [5.41, 5.74) is 0. The predicted octanol–water partition coefficient (Wildman–Crippen LogP) is -0.594. The molecule has 0 fully saturated rings. The standard InChI is InChI=1S/C6H12N2O2S/c1-4-6-8(5-2)11(9,10)7-3/h1,7H,5-6H2,2-3H3. The molecule has 0 aromatic carbocycles. The molecule has 0 bridgehead atoms. The lowest BCUT2D eigenvalue weighted by Crippen LogP contribution is -2.38. The molecule has 0 atom stereocenters. The van der Waals surface area contributed by atoms with E-state index in [1.54, 1.807) is 6.92 Å². The van der Waals surface area contributed by atoms with E-state index in [2.05, 4.69) is 10.6 Å². The highest BCUT2D eigenvalue weighted by atomic mass is 32.2. The second-order valence-electron chi connectivity index (χ2n) is 1.84. The minimum atomic E-state index is -3.33. The Balaban J connectivity index is 4.40. The average molecular weight is 176 g/mol. The van der Waals surface area contributed by atoms with Crippen LogP contribution < -0.4 is 4.72 Å². The van der Waals surface area contributed by atoms with Crippen LogP contribution in [0, 0.1) is 12.3 Å². The fourth-order valence-electron chi connectivity index (χ4n) is 0.598. The van der Waals surface area contributed by atoms with Crippen LogP contribution in [0.25, 0.3) is 0 Å². The molecule has 1 N–H and O–H groups in total. The molecule has 0 saturated carbocycles. The Morgan fingerprint density at radius 1 is 1.64 bits per heavy atom. The van der Waals surface area contributed by atoms with Crippen molar-refractivity contribution in [2.24, 2.45) is 0 Å². The minimum Gasteiger partial charge on any atom is -0.205 e. The first-order chi connectivity index (χ1) is 5.08. The van der Waals surface area contributed by atoms with Gasteiger partial charge in [0.25, 0.3) is 10.2 Å². The summed E-state index contributed by atoms with van der Waals surface area (Å²) in [6, 6.07) is 0. The van der Waals surface area contributed by atoms with Crippen molar-refractivity contribution in [3.8, 4) is 12.3 Å². The molecule has 0 aliphatic heterocycles. The Bertz CT molecular complexity index is 240. The Labute approximate surface area is 67.8 Å². The van der Waals surface area contributed by atoms with Crippen molar-refractivity contribution in [3.05, 3.63) is 0 Å². The lowest BCUT2D eigenvalue weighted by molar-refractivity contribution is 0.457. The first kappa shape index (κ1) is 10.4. The van der Waals surface area contributed by atoms with Gasteiger partial charge in [-0.25, -0.2) is 4.72 Å². The van der Waals surface area contributed by atoms with E-state index in [0.717, 1.165) is 0 Å². The van der Waals surface area contributed by atoms with Gasteiger partial charge in [0.2, 0.25) is 0 Å². The van der Waals surface area contributed by atoms with E-state index in [1.165, 1.54) is 11.4 Å². The van der Waals surface area contributed by atoms with Gasteiger partial charge >= 0.3 is 0 Å². The molecular formula is C6H12N2O2S. The number of hydrogen-bond donors (Lipinski definition) is 1. The topological polar surface area (TPSA) is 49.4 Å². The molecule has 0 heterocycles. The molecule has 0 saturated heterocycles. The van der Waals surface area contributed by atoms with Crippen molar-refractivity contribution in [2.45, 2.75) is 6.92 Å². The van der Waals surface area contributed by atoms with Crippen LogP contribution in [0.2, 0.25) is 0 Å². The first-order valence-electron chi connectivity index (χ1n) is 3.20. The third kappa shape index (κ3) is 2.89. The highest BCUT2D eigenvalue weighted by molar-refractivity contribution is 7.87. The van der Waals surface area contributed by atoms with Gasteiger partial charge in [-0.3, -0.25) is 0 Å². The summed E-state index contributed by atoms with van der Waals surface area (Å²) in [6.07, 6.45) is 4.97. The molecular weight excluding hydrogens is 164 g/mol. The molecule has 0 amide bonds. The van der Waals surface area contributed by atoms with Crippen molar-refractivity contribution in [2.75, 3.05) is 20.1 Å². The van der Waals surface area contributed by atoms with Crippen LogP contribution in [-0.2, 0) is 10.2 Å². The van der Waals surface area contributed by atoms with Gasteiger partial charge in [0, 0.05) is 13.6 Å². The van der Waals surface area contributed by atoms with Crippen LogP contribution >= 0.6 is 0 Å². The van der Waals surface area contributed by atoms with Crippen LogP contribution in [0.5, 0.6) is 0 Å². The zero-order valence-corrected chi connectivity index (χ0v) is 7.48. The highest BCUT2D eigenvalue weighted by Crippen LogP contribution is 1.93. The van der Waals surface area contributed by atoms with Crippen molar-refractivity contribution in [1.82, 2.24) is 9.03 Å². The van der Waals surface area contributed by atoms with E-state index in [1.807, 2.05) is 0 Å². The SMILES string of the molecule is C#CCN(CC)S(=O)(=O)NC. The smallest absolute Gasteiger partial charge is 0.205 e. The van der Waals surface area contributed by atoms with E-state index < -0.39 is 10.2 Å². The molecule has 4 nitrogen and oxygen atoms in total. The molecule has 0 unspecified atom stereocenters. The number of hydrogen-bond acceptors (Lipinski definition) is 2. The zero-order valence-electron chi connectivity index (χ0n) is 6.66. The highest BCUT2D eigenvalue weighted by Gasteiger charge is 2.15. The van der Waals surface area contributed by atoms with Gasteiger partial charge < -0.3 is 0 Å². The Kier molecular flexibility index (Phi) is 4.11. The number of nitrogens with zero attached hydrogens (tertiary/aromatic N) is 1. The average Bonchev–Trinajstić information content (AvgIpc) is 2.00. The summed E-state index contributed by atoms with van der Waals surface area (Å²) in [7, 11) is -1.98. The largest absolute Gasteiger partial charge is 0.280 e. The minimum absolute atomic E-state index is 0.111. The molecule has 0 aliphatic rings. The second kappa shape index (κ2) is 4.34. The Morgan fingerprint density at radius 3 is 2.45 bits per heavy atom. The summed E-state index contributed by atoms with van der Waals surface area (Å²) in [5, 5.41) is 0. The van der Waals surface area contributed by atoms with Crippen LogP contribution in [0.15, 0.2) is 0 Å². The predicted molar refractivity (Wildman–Crippen MR) is 44.1 cm³/mol. The number of nitrogens with one attached hydrogen (secondary N) is 1. The number of rotatable bonds is 4. The fourth-order valence-corrected chi connectivity index (χ4v) is 1.44. The van der Waals surface area contributed by atoms with E-state index in [4.69, 9.17) is 6.42 Å². The lowest BCUT2D eigenvalue weighted by Gasteiger charge is -2.15. The summed E-state index contributed by atoms with van der Waals surface area (Å²) in [4.78, 5) is 0. The summed E-state index contributed by atoms with van der Waals surface area (Å²) in [6.45, 7) is 2.22. The monoisotopic (exact) mass is 176 g/mol. The Morgan fingerprint density at radius 2 is 2.18 bits per heavy atom. The van der Waals surface area contributed by atoms with E-state index in [0.29, 0.717) is 6.54 Å². The van der Waals surface area contributed by atoms with Gasteiger partial charge in [-0.15, -0.1) is 6.42 Å². The fraction of sp³-hybridized carbons (Fsp3) is 0.667. The molecule has 0 aliphatic carbocycles. The van der Waals surface area contributed by atoms with Crippen molar-refractivity contribution in [1.29, 1.82) is 0 Å². The quantitative estimate of drug-likeness (QED) is 0.582. The van der Waals surface area contributed by atoms with E-state index in [-0.39, 0.29) is 6.54 Å². The molecule has 5 heteroatoms. The Hall–Kier alpha value is -0.570. The van der Waals surface area contributed by atoms with Gasteiger partial charge in [-0.2, -0.15) is 12.7 Å². The van der Waals surface area contributed by atoms with Crippen LogP contribution in [0.3, 0.4) is 0 Å². The lowest BCUT2D eigenvalue weighted by atomic mass is 10.6. The third-order valence-corrected chi connectivity index (χ3v) is 2.80. The van der Waals surface area contributed by atoms with Crippen LogP contribution in [0.1, 0.15) is 6.92 Å². The maximum Gasteiger partial charge on any atom is 0.280 e. The maximum atomic E-state index is 11.0. The van der Waals surface area contributed by atoms with E-state index in [9.17, 15) is 8.42 Å². The van der Waals surface area contributed by atoms with Crippen molar-refractivity contribution < 1.29 is 8.42 Å². The summed E-state index contributed by atoms with van der Waals surface area (Å²) < 4.78 is 25.4. The molecule has 0 aromatic heterocycles. The molecule has 0 rings (SSSR count). The third-order valence-electron chi connectivity index (χ3n) is 1.22. The molecule has 11 heavy (non-hydrogen) atoms. The van der Waals surface area contributed by atoms with E-state index >= 15 is 0 Å². The van der Waals surface area contributed by atoms with Crippen molar-refractivity contribution >= 4 is 10.2 Å². The first-order valence-corrected chi connectivity index (χ1v) is 4.64. The maximum absolute atomic E-state index is 11.0. The van der Waals surface area contributed by atoms with Gasteiger partial charge in [0.15, 0.2) is 0 Å². The normalized spacial score (nSPS) is 11.5. The van der Waals surface area contributed by atoms with Crippen LogP contribution in [0.4, 0.5) is 0 Å². The van der Waals surface area contributed by atoms with Crippen LogP contribution in [-0.4, -0.2) is 32.9 Å². The van der Waals surface area contributed by atoms with Gasteiger partial charge in [-0.1, -0.05) is 12.8 Å². The summed E-state index contributed by atoms with van der Waals surface area (Å²) >= 11 is 0. The summed E-state index contributed by atoms with van der Waals surface area (Å²) in [5.74, 6) is 2.27. The second-order valence-corrected chi connectivity index (χ2v) is 3.71. The molecule has 64 valence electrons. The number of terminal acetylenes is 1. The van der Waals surface area contributed by atoms with Gasteiger partial charge in [0.05, 0.1) is 6.54 Å². The molecule has 0 spiro atoms. The van der Waals surface area contributed by atoms with Crippen molar-refractivity contribution in [3.63, 3.8) is 0 Å². The zero-order chi connectivity index (χ0) is 8.91. The van der Waals surface area contributed by atoms with Gasteiger partial charge in [-0.05, 0) is 0 Å².